The summed E-state index contributed by atoms with van der Waals surface area (Å²) in [6.45, 7) is 8.12. The third-order valence-corrected chi connectivity index (χ3v) is 6.33. The van der Waals surface area contributed by atoms with Crippen molar-refractivity contribution in [3.05, 3.63) is 23.3 Å². The maximum Gasteiger partial charge on any atom is 0.243 e. The standard InChI is InChI=1S/C17H28N2O3S.ClH/c1-5-10-19(15-6-8-18-9-7-15)23(20,21)16-11-13(2)17(22-4)14(3)12-16;/h11-12,15,18H,5-10H2,1-4H3;1H. The van der Waals surface area contributed by atoms with Gasteiger partial charge in [-0.25, -0.2) is 8.42 Å². The molecular formula is C17H29ClN2O3S. The predicted molar refractivity (Wildman–Crippen MR) is 99.8 cm³/mol. The van der Waals surface area contributed by atoms with E-state index in [1.54, 1.807) is 23.5 Å². The van der Waals surface area contributed by atoms with Gasteiger partial charge in [-0.15, -0.1) is 12.4 Å². The number of nitrogens with zero attached hydrogens (tertiary/aromatic N) is 1. The lowest BCUT2D eigenvalue weighted by Crippen LogP contribution is -2.46. The van der Waals surface area contributed by atoms with Crippen molar-refractivity contribution in [2.75, 3.05) is 26.7 Å². The lowest BCUT2D eigenvalue weighted by Gasteiger charge is -2.33. The van der Waals surface area contributed by atoms with Gasteiger partial charge in [0.1, 0.15) is 5.75 Å². The third kappa shape index (κ3) is 4.42. The SMILES string of the molecule is CCCN(C1CCNCC1)S(=O)(=O)c1cc(C)c(OC)c(C)c1.Cl. The molecule has 0 amide bonds. The molecule has 5 nitrogen and oxygen atoms in total. The second-order valence-electron chi connectivity index (χ2n) is 6.19. The molecule has 1 aliphatic rings. The Morgan fingerprint density at radius 1 is 1.21 bits per heavy atom. The number of benzene rings is 1. The fourth-order valence-corrected chi connectivity index (χ4v) is 5.28. The molecule has 0 unspecified atom stereocenters. The maximum absolute atomic E-state index is 13.2. The van der Waals surface area contributed by atoms with E-state index < -0.39 is 10.0 Å². The second kappa shape index (κ2) is 9.04. The molecule has 1 aromatic carbocycles. The fraction of sp³-hybridized carbons (Fsp3) is 0.647. The molecule has 2 rings (SSSR count). The zero-order chi connectivity index (χ0) is 17.0. The molecule has 1 heterocycles. The highest BCUT2D eigenvalue weighted by Gasteiger charge is 2.32. The van der Waals surface area contributed by atoms with E-state index in [1.165, 1.54) is 0 Å². The molecule has 0 saturated carbocycles. The Bertz CT molecular complexity index is 620. The number of rotatable bonds is 6. The quantitative estimate of drug-likeness (QED) is 0.829. The molecule has 0 spiro atoms. The predicted octanol–water partition coefficient (Wildman–Crippen LogP) is 2.89. The van der Waals surface area contributed by atoms with Crippen molar-refractivity contribution >= 4 is 22.4 Å². The number of aryl methyl sites for hydroxylation is 2. The molecule has 0 radical (unpaired) electrons. The minimum Gasteiger partial charge on any atom is -0.496 e. The average Bonchev–Trinajstić information content (AvgIpc) is 2.53. The van der Waals surface area contributed by atoms with Crippen molar-refractivity contribution in [2.24, 2.45) is 0 Å². The average molecular weight is 377 g/mol. The number of piperidine rings is 1. The monoisotopic (exact) mass is 376 g/mol. The Hall–Kier alpha value is -0.820. The lowest BCUT2D eigenvalue weighted by molar-refractivity contribution is 0.262. The second-order valence-corrected chi connectivity index (χ2v) is 8.08. The van der Waals surface area contributed by atoms with E-state index in [4.69, 9.17) is 4.74 Å². The van der Waals surface area contributed by atoms with Crippen LogP contribution in [-0.2, 0) is 10.0 Å². The molecule has 1 aliphatic heterocycles. The smallest absolute Gasteiger partial charge is 0.243 e. The van der Waals surface area contributed by atoms with Crippen LogP contribution in [-0.4, -0.2) is 45.5 Å². The molecule has 0 bridgehead atoms. The molecule has 1 aromatic rings. The van der Waals surface area contributed by atoms with Crippen molar-refractivity contribution in [3.8, 4) is 5.75 Å². The summed E-state index contributed by atoms with van der Waals surface area (Å²) in [5, 5.41) is 3.30. The van der Waals surface area contributed by atoms with Gasteiger partial charge in [-0.1, -0.05) is 6.92 Å². The van der Waals surface area contributed by atoms with Crippen LogP contribution in [0.15, 0.2) is 17.0 Å². The molecular weight excluding hydrogens is 348 g/mol. The van der Waals surface area contributed by atoms with Gasteiger partial charge in [0.15, 0.2) is 0 Å². The Labute approximate surface area is 152 Å². The molecule has 0 aliphatic carbocycles. The molecule has 0 atom stereocenters. The summed E-state index contributed by atoms with van der Waals surface area (Å²) in [5.74, 6) is 0.757. The number of sulfonamides is 1. The molecule has 1 N–H and O–H groups in total. The van der Waals surface area contributed by atoms with Gasteiger partial charge < -0.3 is 10.1 Å². The molecule has 138 valence electrons. The first-order chi connectivity index (χ1) is 10.9. The van der Waals surface area contributed by atoms with Crippen molar-refractivity contribution in [1.82, 2.24) is 9.62 Å². The van der Waals surface area contributed by atoms with Crippen molar-refractivity contribution in [1.29, 1.82) is 0 Å². The van der Waals surface area contributed by atoms with Crippen LogP contribution < -0.4 is 10.1 Å². The van der Waals surface area contributed by atoms with E-state index >= 15 is 0 Å². The van der Waals surface area contributed by atoms with E-state index in [0.29, 0.717) is 11.4 Å². The first-order valence-electron chi connectivity index (χ1n) is 8.29. The Morgan fingerprint density at radius 2 is 1.75 bits per heavy atom. The Balaban J connectivity index is 0.00000288. The number of nitrogens with one attached hydrogen (secondary N) is 1. The van der Waals surface area contributed by atoms with Crippen LogP contribution in [0, 0.1) is 13.8 Å². The Kier molecular flexibility index (Phi) is 7.99. The van der Waals surface area contributed by atoms with Crippen LogP contribution in [0.3, 0.4) is 0 Å². The fourth-order valence-electron chi connectivity index (χ4n) is 3.33. The summed E-state index contributed by atoms with van der Waals surface area (Å²) in [6, 6.07) is 3.54. The molecule has 7 heteroatoms. The van der Waals surface area contributed by atoms with Gasteiger partial charge >= 0.3 is 0 Å². The minimum absolute atomic E-state index is 0. The highest BCUT2D eigenvalue weighted by atomic mass is 35.5. The summed E-state index contributed by atoms with van der Waals surface area (Å²) in [4.78, 5) is 0.375. The van der Waals surface area contributed by atoms with Crippen LogP contribution in [0.4, 0.5) is 0 Å². The van der Waals surface area contributed by atoms with Crippen molar-refractivity contribution < 1.29 is 13.2 Å². The number of hydrogen-bond acceptors (Lipinski definition) is 4. The number of halogens is 1. The number of ether oxygens (including phenoxy) is 1. The maximum atomic E-state index is 13.2. The zero-order valence-corrected chi connectivity index (χ0v) is 16.6. The summed E-state index contributed by atoms with van der Waals surface area (Å²) in [6.07, 6.45) is 2.55. The van der Waals surface area contributed by atoms with Gasteiger partial charge in [0.25, 0.3) is 0 Å². The topological polar surface area (TPSA) is 58.6 Å². The van der Waals surface area contributed by atoms with Crippen molar-refractivity contribution in [3.63, 3.8) is 0 Å². The van der Waals surface area contributed by atoms with E-state index in [0.717, 1.165) is 49.2 Å². The summed E-state index contributed by atoms with van der Waals surface area (Å²) < 4.78 is 33.4. The van der Waals surface area contributed by atoms with Crippen LogP contribution in [0.1, 0.15) is 37.3 Å². The van der Waals surface area contributed by atoms with E-state index in [1.807, 2.05) is 20.8 Å². The Morgan fingerprint density at radius 3 is 2.21 bits per heavy atom. The third-order valence-electron chi connectivity index (χ3n) is 4.40. The highest BCUT2D eigenvalue weighted by Crippen LogP contribution is 2.30. The van der Waals surface area contributed by atoms with Gasteiger partial charge in [0.2, 0.25) is 10.0 Å². The van der Waals surface area contributed by atoms with Gasteiger partial charge in [-0.3, -0.25) is 0 Å². The van der Waals surface area contributed by atoms with Crippen molar-refractivity contribution in [2.45, 2.75) is 51.0 Å². The molecule has 1 fully saturated rings. The van der Waals surface area contributed by atoms with Crippen LogP contribution in [0.25, 0.3) is 0 Å². The van der Waals surface area contributed by atoms with E-state index in [2.05, 4.69) is 5.32 Å². The minimum atomic E-state index is -3.48. The highest BCUT2D eigenvalue weighted by molar-refractivity contribution is 7.89. The summed E-state index contributed by atoms with van der Waals surface area (Å²) in [5.41, 5.74) is 1.71. The van der Waals surface area contributed by atoms with Gasteiger partial charge in [0, 0.05) is 12.6 Å². The first kappa shape index (κ1) is 21.2. The van der Waals surface area contributed by atoms with Crippen LogP contribution >= 0.6 is 12.4 Å². The van der Waals surface area contributed by atoms with E-state index in [9.17, 15) is 8.42 Å². The van der Waals surface area contributed by atoms with Gasteiger partial charge in [-0.2, -0.15) is 4.31 Å². The van der Waals surface area contributed by atoms with Gasteiger partial charge in [0.05, 0.1) is 12.0 Å². The first-order valence-corrected chi connectivity index (χ1v) is 9.73. The van der Waals surface area contributed by atoms with Crippen LogP contribution in [0.5, 0.6) is 5.75 Å². The van der Waals surface area contributed by atoms with Gasteiger partial charge in [-0.05, 0) is 69.5 Å². The molecule has 1 saturated heterocycles. The zero-order valence-electron chi connectivity index (χ0n) is 15.0. The lowest BCUT2D eigenvalue weighted by atomic mass is 10.1. The molecule has 24 heavy (non-hydrogen) atoms. The number of methoxy groups -OCH3 is 1. The normalized spacial score (nSPS) is 16.0. The largest absolute Gasteiger partial charge is 0.496 e. The van der Waals surface area contributed by atoms with Crippen LogP contribution in [0.2, 0.25) is 0 Å². The number of hydrogen-bond donors (Lipinski definition) is 1. The van der Waals surface area contributed by atoms with E-state index in [-0.39, 0.29) is 18.4 Å². The summed E-state index contributed by atoms with van der Waals surface area (Å²) in [7, 11) is -1.87. The molecule has 0 aromatic heterocycles. The summed E-state index contributed by atoms with van der Waals surface area (Å²) >= 11 is 0.